The summed E-state index contributed by atoms with van der Waals surface area (Å²) in [5, 5.41) is 12.6. The number of aliphatic imine (C=N–C) groups is 1. The lowest BCUT2D eigenvalue weighted by molar-refractivity contribution is 0.0697. The van der Waals surface area contributed by atoms with E-state index in [4.69, 9.17) is 14.5 Å². The van der Waals surface area contributed by atoms with Crippen LogP contribution in [0, 0.1) is 0 Å². The van der Waals surface area contributed by atoms with Gasteiger partial charge in [-0.2, -0.15) is 0 Å². The van der Waals surface area contributed by atoms with E-state index in [0.717, 1.165) is 50.0 Å². The lowest BCUT2D eigenvalue weighted by Gasteiger charge is -2.38. The van der Waals surface area contributed by atoms with Crippen LogP contribution in [0.5, 0.6) is 5.75 Å². The van der Waals surface area contributed by atoms with Gasteiger partial charge in [-0.1, -0.05) is 12.1 Å². The van der Waals surface area contributed by atoms with Crippen LogP contribution in [0.25, 0.3) is 0 Å². The van der Waals surface area contributed by atoms with E-state index in [1.54, 1.807) is 25.3 Å². The van der Waals surface area contributed by atoms with Crippen LogP contribution in [0.2, 0.25) is 0 Å². The number of rotatable bonds is 9. The highest BCUT2D eigenvalue weighted by Gasteiger charge is 2.21. The van der Waals surface area contributed by atoms with E-state index in [1.165, 1.54) is 0 Å². The highest BCUT2D eigenvalue weighted by molar-refractivity contribution is 5.96. The first-order valence-electron chi connectivity index (χ1n) is 11.0. The molecule has 3 rings (SSSR count). The van der Waals surface area contributed by atoms with Crippen LogP contribution in [0.1, 0.15) is 23.7 Å². The molecule has 0 spiro atoms. The van der Waals surface area contributed by atoms with Gasteiger partial charge >= 0.3 is 5.97 Å². The van der Waals surface area contributed by atoms with Gasteiger partial charge in [0, 0.05) is 63.4 Å². The van der Waals surface area contributed by atoms with E-state index in [-0.39, 0.29) is 5.56 Å². The number of guanidine groups is 1. The van der Waals surface area contributed by atoms with E-state index < -0.39 is 5.97 Å². The second-order valence-corrected chi connectivity index (χ2v) is 7.44. The Morgan fingerprint density at radius 3 is 2.62 bits per heavy atom. The van der Waals surface area contributed by atoms with E-state index in [2.05, 4.69) is 21.2 Å². The van der Waals surface area contributed by atoms with Crippen LogP contribution in [-0.4, -0.2) is 75.0 Å². The first-order chi connectivity index (χ1) is 15.6. The minimum absolute atomic E-state index is 0.244. The second kappa shape index (κ2) is 12.0. The normalized spacial score (nSPS) is 14.4. The van der Waals surface area contributed by atoms with Gasteiger partial charge in [-0.3, -0.25) is 4.99 Å². The summed E-state index contributed by atoms with van der Waals surface area (Å²) in [4.78, 5) is 20.7. The zero-order chi connectivity index (χ0) is 22.8. The smallest absolute Gasteiger partial charge is 0.335 e. The van der Waals surface area contributed by atoms with Crippen molar-refractivity contribution in [3.63, 3.8) is 0 Å². The molecule has 1 aliphatic rings. The number of ether oxygens (including phenoxy) is 2. The van der Waals surface area contributed by atoms with Crippen molar-refractivity contribution in [2.75, 3.05) is 63.3 Å². The van der Waals surface area contributed by atoms with Crippen LogP contribution >= 0.6 is 0 Å². The molecule has 0 unspecified atom stereocenters. The number of aromatic carboxylic acids is 1. The number of carboxylic acids is 1. The maximum atomic E-state index is 11.3. The molecule has 1 fully saturated rings. The molecule has 2 aromatic carbocycles. The SMILES string of the molecule is CCOCCCN=C(Nc1cccc(C(=O)O)c1)N1CCN(c2cccc(OC)c2)CC1. The highest BCUT2D eigenvalue weighted by Crippen LogP contribution is 2.22. The van der Waals surface area contributed by atoms with Gasteiger partial charge in [0.2, 0.25) is 0 Å². The number of benzene rings is 2. The first kappa shape index (κ1) is 23.4. The topological polar surface area (TPSA) is 86.6 Å². The van der Waals surface area contributed by atoms with Crippen LogP contribution in [-0.2, 0) is 4.74 Å². The summed E-state index contributed by atoms with van der Waals surface area (Å²) in [6.45, 7) is 7.28. The van der Waals surface area contributed by atoms with E-state index >= 15 is 0 Å². The monoisotopic (exact) mass is 440 g/mol. The summed E-state index contributed by atoms with van der Waals surface area (Å²) in [5.41, 5.74) is 2.10. The molecule has 1 heterocycles. The summed E-state index contributed by atoms with van der Waals surface area (Å²) in [5.74, 6) is 0.659. The van der Waals surface area contributed by atoms with Crippen LogP contribution < -0.4 is 15.0 Å². The molecule has 8 heteroatoms. The lowest BCUT2D eigenvalue weighted by Crippen LogP contribution is -2.50. The number of hydrogen-bond donors (Lipinski definition) is 2. The number of methoxy groups -OCH3 is 1. The third-order valence-electron chi connectivity index (χ3n) is 5.28. The Morgan fingerprint density at radius 2 is 1.91 bits per heavy atom. The maximum absolute atomic E-state index is 11.3. The number of carbonyl (C=O) groups is 1. The third kappa shape index (κ3) is 6.62. The Labute approximate surface area is 189 Å². The molecule has 0 aliphatic carbocycles. The third-order valence-corrected chi connectivity index (χ3v) is 5.28. The van der Waals surface area contributed by atoms with Crippen molar-refractivity contribution in [2.24, 2.45) is 4.99 Å². The summed E-state index contributed by atoms with van der Waals surface area (Å²) >= 11 is 0. The molecule has 1 aliphatic heterocycles. The van der Waals surface area contributed by atoms with Gasteiger partial charge in [0.1, 0.15) is 5.75 Å². The predicted molar refractivity (Wildman–Crippen MR) is 127 cm³/mol. The van der Waals surface area contributed by atoms with Crippen molar-refractivity contribution < 1.29 is 19.4 Å². The largest absolute Gasteiger partial charge is 0.497 e. The molecule has 0 amide bonds. The fourth-order valence-electron chi connectivity index (χ4n) is 3.56. The van der Waals surface area contributed by atoms with E-state index in [0.29, 0.717) is 25.4 Å². The molecular formula is C24H32N4O4. The highest BCUT2D eigenvalue weighted by atomic mass is 16.5. The van der Waals surface area contributed by atoms with Gasteiger partial charge in [0.25, 0.3) is 0 Å². The molecule has 1 saturated heterocycles. The van der Waals surface area contributed by atoms with E-state index in [1.807, 2.05) is 31.2 Å². The Morgan fingerprint density at radius 1 is 1.12 bits per heavy atom. The molecular weight excluding hydrogens is 408 g/mol. The molecule has 8 nitrogen and oxygen atoms in total. The quantitative estimate of drug-likeness (QED) is 0.351. The summed E-state index contributed by atoms with van der Waals surface area (Å²) in [6, 6.07) is 14.9. The second-order valence-electron chi connectivity index (χ2n) is 7.44. The number of nitrogens with one attached hydrogen (secondary N) is 1. The van der Waals surface area contributed by atoms with Crippen molar-refractivity contribution >= 4 is 23.3 Å². The Bertz CT molecular complexity index is 910. The number of anilines is 2. The number of piperazine rings is 1. The summed E-state index contributed by atoms with van der Waals surface area (Å²) in [6.07, 6.45) is 0.831. The van der Waals surface area contributed by atoms with Crippen LogP contribution in [0.3, 0.4) is 0 Å². The molecule has 0 bridgehead atoms. The van der Waals surface area contributed by atoms with Crippen molar-refractivity contribution in [1.82, 2.24) is 4.90 Å². The molecule has 0 atom stereocenters. The predicted octanol–water partition coefficient (Wildman–Crippen LogP) is 3.41. The maximum Gasteiger partial charge on any atom is 0.335 e. The Balaban J connectivity index is 1.68. The molecule has 0 aromatic heterocycles. The lowest BCUT2D eigenvalue weighted by atomic mass is 10.2. The Hall–Kier alpha value is -3.26. The average Bonchev–Trinajstić information content (AvgIpc) is 2.83. The standard InChI is InChI=1S/C24H32N4O4/c1-3-32-16-6-11-25-24(26-20-8-4-7-19(17-20)23(29)30)28-14-12-27(13-15-28)21-9-5-10-22(18-21)31-2/h4-5,7-10,17-18H,3,6,11-16H2,1-2H3,(H,25,26)(H,29,30). The molecule has 32 heavy (non-hydrogen) atoms. The Kier molecular flexibility index (Phi) is 8.74. The van der Waals surface area contributed by atoms with E-state index in [9.17, 15) is 9.90 Å². The van der Waals surface area contributed by atoms with Crippen LogP contribution in [0.4, 0.5) is 11.4 Å². The van der Waals surface area contributed by atoms with Crippen molar-refractivity contribution in [3.05, 3.63) is 54.1 Å². The van der Waals surface area contributed by atoms with Crippen molar-refractivity contribution in [3.8, 4) is 5.75 Å². The number of nitrogens with zero attached hydrogens (tertiary/aromatic N) is 3. The molecule has 2 aromatic rings. The van der Waals surface area contributed by atoms with Gasteiger partial charge in [-0.25, -0.2) is 4.79 Å². The van der Waals surface area contributed by atoms with Crippen molar-refractivity contribution in [1.29, 1.82) is 0 Å². The molecule has 0 saturated carbocycles. The number of hydrogen-bond acceptors (Lipinski definition) is 5. The summed E-state index contributed by atoms with van der Waals surface area (Å²) in [7, 11) is 1.68. The van der Waals surface area contributed by atoms with Gasteiger partial charge in [0.05, 0.1) is 12.7 Å². The minimum Gasteiger partial charge on any atom is -0.497 e. The first-order valence-corrected chi connectivity index (χ1v) is 11.0. The average molecular weight is 441 g/mol. The molecule has 2 N–H and O–H groups in total. The fourth-order valence-corrected chi connectivity index (χ4v) is 3.56. The van der Waals surface area contributed by atoms with Gasteiger partial charge in [-0.05, 0) is 43.7 Å². The molecule has 172 valence electrons. The van der Waals surface area contributed by atoms with Gasteiger partial charge in [0.15, 0.2) is 5.96 Å². The number of carboxylic acid groups (broad SMARTS) is 1. The van der Waals surface area contributed by atoms with Gasteiger partial charge in [-0.15, -0.1) is 0 Å². The molecule has 0 radical (unpaired) electrons. The summed E-state index contributed by atoms with van der Waals surface area (Å²) < 4.78 is 10.8. The zero-order valence-electron chi connectivity index (χ0n) is 18.8. The van der Waals surface area contributed by atoms with Crippen molar-refractivity contribution in [2.45, 2.75) is 13.3 Å². The zero-order valence-corrected chi connectivity index (χ0v) is 18.8. The van der Waals surface area contributed by atoms with Gasteiger partial charge < -0.3 is 29.7 Å². The van der Waals surface area contributed by atoms with Crippen LogP contribution in [0.15, 0.2) is 53.5 Å². The minimum atomic E-state index is -0.948. The fraction of sp³-hybridized carbons (Fsp3) is 0.417.